The Bertz CT molecular complexity index is 879. The first-order valence-electron chi connectivity index (χ1n) is 7.62. The summed E-state index contributed by atoms with van der Waals surface area (Å²) in [6.45, 7) is 1.07. The van der Waals surface area contributed by atoms with Crippen LogP contribution in [0.25, 0.3) is 0 Å². The van der Waals surface area contributed by atoms with Gasteiger partial charge in [-0.05, 0) is 18.2 Å². The van der Waals surface area contributed by atoms with Crippen molar-refractivity contribution in [2.24, 2.45) is 0 Å². The molecule has 1 aliphatic heterocycles. The molecule has 0 atom stereocenters. The van der Waals surface area contributed by atoms with E-state index in [4.69, 9.17) is 0 Å². The Morgan fingerprint density at radius 1 is 1.08 bits per heavy atom. The quantitative estimate of drug-likeness (QED) is 0.546. The van der Waals surface area contributed by atoms with Gasteiger partial charge in [0.25, 0.3) is 5.91 Å². The summed E-state index contributed by atoms with van der Waals surface area (Å²) in [4.78, 5) is 14.2. The summed E-state index contributed by atoms with van der Waals surface area (Å²) in [5, 5.41) is 11.0. The monoisotopic (exact) mass is 425 g/mol. The second-order valence-electron chi connectivity index (χ2n) is 5.60. The molecule has 1 aromatic heterocycles. The number of piperazine rings is 1. The summed E-state index contributed by atoms with van der Waals surface area (Å²) in [6, 6.07) is 9.48. The maximum Gasteiger partial charge on any atom is 0.254 e. The number of carbonyl (C=O) groups excluding carboxylic acids is 1. The van der Waals surface area contributed by atoms with Crippen molar-refractivity contribution in [2.45, 2.75) is 4.90 Å². The number of rotatable bonds is 3. The minimum atomic E-state index is -3.58. The molecule has 0 saturated carbocycles. The topological polar surface area (TPSA) is 84.6 Å². The summed E-state index contributed by atoms with van der Waals surface area (Å²) < 4.78 is 28.1. The van der Waals surface area contributed by atoms with Gasteiger partial charge in [0.15, 0.2) is 12.4 Å². The average molecular weight is 426 g/mol. The Kier molecular flexibility index (Phi) is 5.07. The zero-order chi connectivity index (χ0) is 18.0. The number of hydrogen-bond acceptors (Lipinski definition) is 4. The predicted molar refractivity (Wildman–Crippen MR) is 94.2 cm³/mol. The van der Waals surface area contributed by atoms with Crippen LogP contribution in [0.1, 0.15) is 10.4 Å². The normalized spacial score (nSPS) is 16.0. The summed E-state index contributed by atoms with van der Waals surface area (Å²) in [5.41, 5.74) is 0.412. The fraction of sp³-hybridized carbons (Fsp3) is 0.250. The van der Waals surface area contributed by atoms with Gasteiger partial charge in [-0.25, -0.2) is 8.42 Å². The lowest BCUT2D eigenvalue weighted by atomic mass is 10.2. The Labute approximate surface area is 154 Å². The van der Waals surface area contributed by atoms with Crippen molar-refractivity contribution in [3.8, 4) is 0 Å². The van der Waals surface area contributed by atoms with Crippen LogP contribution in [0.5, 0.6) is 0 Å². The van der Waals surface area contributed by atoms with Crippen LogP contribution in [-0.2, 0) is 10.0 Å². The molecular formula is C16H16BrN3O4S. The molecule has 1 amide bonds. The highest BCUT2D eigenvalue weighted by Crippen LogP contribution is 2.21. The Morgan fingerprint density at radius 2 is 1.72 bits per heavy atom. The molecule has 2 heterocycles. The number of halogens is 1. The van der Waals surface area contributed by atoms with Crippen LogP contribution >= 0.6 is 15.9 Å². The van der Waals surface area contributed by atoms with E-state index >= 15 is 0 Å². The highest BCUT2D eigenvalue weighted by Gasteiger charge is 2.30. The van der Waals surface area contributed by atoms with Gasteiger partial charge in [0.05, 0.1) is 10.5 Å². The molecule has 1 aliphatic rings. The van der Waals surface area contributed by atoms with Gasteiger partial charge in [-0.3, -0.25) is 4.79 Å². The van der Waals surface area contributed by atoms with Crippen LogP contribution in [0, 0.1) is 5.21 Å². The summed E-state index contributed by atoms with van der Waals surface area (Å²) >= 11 is 3.28. The van der Waals surface area contributed by atoms with E-state index in [-0.39, 0.29) is 23.9 Å². The van der Waals surface area contributed by atoms with Gasteiger partial charge >= 0.3 is 0 Å². The lowest BCUT2D eigenvalue weighted by Gasteiger charge is -2.34. The fourth-order valence-electron chi connectivity index (χ4n) is 2.65. The van der Waals surface area contributed by atoms with Crippen molar-refractivity contribution in [1.29, 1.82) is 0 Å². The van der Waals surface area contributed by atoms with E-state index in [1.807, 2.05) is 0 Å². The van der Waals surface area contributed by atoms with E-state index in [0.717, 1.165) is 0 Å². The van der Waals surface area contributed by atoms with Gasteiger partial charge in [-0.2, -0.15) is 9.04 Å². The van der Waals surface area contributed by atoms with Crippen LogP contribution in [-0.4, -0.2) is 49.7 Å². The fourth-order valence-corrected chi connectivity index (χ4v) is 4.67. The second-order valence-corrected chi connectivity index (χ2v) is 8.45. The maximum atomic E-state index is 12.7. The predicted octanol–water partition coefficient (Wildman–Crippen LogP) is 1.23. The Balaban J connectivity index is 1.69. The van der Waals surface area contributed by atoms with Crippen LogP contribution < -0.4 is 4.73 Å². The zero-order valence-corrected chi connectivity index (χ0v) is 15.6. The smallest absolute Gasteiger partial charge is 0.254 e. The molecular weight excluding hydrogens is 410 g/mol. The lowest BCUT2D eigenvalue weighted by molar-refractivity contribution is -0.605. The summed E-state index contributed by atoms with van der Waals surface area (Å²) in [6.07, 6.45) is 2.53. The van der Waals surface area contributed by atoms with E-state index in [0.29, 0.717) is 27.9 Å². The molecule has 0 radical (unpaired) electrons. The van der Waals surface area contributed by atoms with Crippen molar-refractivity contribution in [3.05, 3.63) is 64.0 Å². The molecule has 132 valence electrons. The van der Waals surface area contributed by atoms with Crippen LogP contribution in [0.3, 0.4) is 0 Å². The molecule has 0 bridgehead atoms. The molecule has 0 unspecified atom stereocenters. The molecule has 1 fully saturated rings. The van der Waals surface area contributed by atoms with Gasteiger partial charge in [0.1, 0.15) is 0 Å². The van der Waals surface area contributed by atoms with Crippen LogP contribution in [0.2, 0.25) is 0 Å². The largest absolute Gasteiger partial charge is 0.619 e. The molecule has 9 heteroatoms. The van der Waals surface area contributed by atoms with E-state index in [1.54, 1.807) is 29.2 Å². The van der Waals surface area contributed by atoms with Gasteiger partial charge < -0.3 is 10.1 Å². The van der Waals surface area contributed by atoms with E-state index < -0.39 is 10.0 Å². The van der Waals surface area contributed by atoms with Crippen LogP contribution in [0.4, 0.5) is 0 Å². The SMILES string of the molecule is O=C(c1cc[n+]([O-])cc1)N1CCN(S(=O)(=O)c2cccc(Br)c2)CC1. The maximum absolute atomic E-state index is 12.7. The highest BCUT2D eigenvalue weighted by atomic mass is 79.9. The number of carbonyl (C=O) groups is 1. The zero-order valence-electron chi connectivity index (χ0n) is 13.2. The number of aromatic nitrogens is 1. The van der Waals surface area contributed by atoms with Crippen LogP contribution in [0.15, 0.2) is 58.2 Å². The number of sulfonamides is 1. The number of hydrogen-bond donors (Lipinski definition) is 0. The molecule has 25 heavy (non-hydrogen) atoms. The van der Waals surface area contributed by atoms with E-state index in [2.05, 4.69) is 15.9 Å². The summed E-state index contributed by atoms with van der Waals surface area (Å²) in [5.74, 6) is -0.208. The number of amides is 1. The van der Waals surface area contributed by atoms with E-state index in [1.165, 1.54) is 28.8 Å². The highest BCUT2D eigenvalue weighted by molar-refractivity contribution is 9.10. The molecule has 1 aromatic carbocycles. The third kappa shape index (κ3) is 3.83. The lowest BCUT2D eigenvalue weighted by Crippen LogP contribution is -2.50. The number of pyridine rings is 1. The van der Waals surface area contributed by atoms with Crippen molar-refractivity contribution in [1.82, 2.24) is 9.21 Å². The Morgan fingerprint density at radius 3 is 2.32 bits per heavy atom. The third-order valence-corrected chi connectivity index (χ3v) is 6.40. The van der Waals surface area contributed by atoms with Gasteiger partial charge in [0.2, 0.25) is 10.0 Å². The van der Waals surface area contributed by atoms with Gasteiger partial charge in [-0.15, -0.1) is 0 Å². The standard InChI is InChI=1S/C16H16BrN3O4S/c17-14-2-1-3-15(12-14)25(23,24)20-10-8-18(9-11-20)16(21)13-4-6-19(22)7-5-13/h1-7,12H,8-11H2. The van der Waals surface area contributed by atoms with Gasteiger partial charge in [0, 0.05) is 42.8 Å². The summed E-state index contributed by atoms with van der Waals surface area (Å²) in [7, 11) is -3.58. The molecule has 3 rings (SSSR count). The van der Waals surface area contributed by atoms with Crippen molar-refractivity contribution in [2.75, 3.05) is 26.2 Å². The first-order valence-corrected chi connectivity index (χ1v) is 9.85. The number of benzene rings is 1. The van der Waals surface area contributed by atoms with Crippen molar-refractivity contribution < 1.29 is 17.9 Å². The van der Waals surface area contributed by atoms with Crippen molar-refractivity contribution in [3.63, 3.8) is 0 Å². The average Bonchev–Trinajstić information content (AvgIpc) is 2.62. The molecule has 0 aliphatic carbocycles. The molecule has 0 spiro atoms. The number of nitrogens with zero attached hydrogens (tertiary/aromatic N) is 3. The molecule has 1 saturated heterocycles. The third-order valence-electron chi connectivity index (χ3n) is 4.01. The first kappa shape index (κ1) is 17.8. The Hall–Kier alpha value is -1.97. The van der Waals surface area contributed by atoms with Crippen molar-refractivity contribution >= 4 is 31.9 Å². The minimum Gasteiger partial charge on any atom is -0.619 e. The minimum absolute atomic E-state index is 0.208. The van der Waals surface area contributed by atoms with Gasteiger partial charge in [-0.1, -0.05) is 22.0 Å². The first-order chi connectivity index (χ1) is 11.9. The van der Waals surface area contributed by atoms with E-state index in [9.17, 15) is 18.4 Å². The second kappa shape index (κ2) is 7.11. The molecule has 7 nitrogen and oxygen atoms in total. The molecule has 2 aromatic rings. The molecule has 0 N–H and O–H groups in total.